The minimum absolute atomic E-state index is 0.149. The van der Waals surface area contributed by atoms with Gasteiger partial charge in [0.1, 0.15) is 24.1 Å². The first-order valence-corrected chi connectivity index (χ1v) is 10.7. The molecule has 170 valence electrons. The second-order valence-electron chi connectivity index (χ2n) is 7.69. The molecule has 0 saturated heterocycles. The minimum atomic E-state index is -0.606. The molecule has 31 heavy (non-hydrogen) atoms. The molecule has 0 radical (unpaired) electrons. The van der Waals surface area contributed by atoms with Crippen LogP contribution in [0.2, 0.25) is 0 Å². The lowest BCUT2D eigenvalue weighted by atomic mass is 10.1. The van der Waals surface area contributed by atoms with Crippen LogP contribution in [0.25, 0.3) is 0 Å². The number of allylic oxidation sites excluding steroid dienone is 2. The third-order valence-corrected chi connectivity index (χ3v) is 4.87. The zero-order valence-electron chi connectivity index (χ0n) is 18.6. The fraction of sp³-hybridized carbons (Fsp3) is 0.522. The highest BCUT2D eigenvalue weighted by atomic mass is 16.5. The van der Waals surface area contributed by atoms with Crippen molar-refractivity contribution in [3.8, 4) is 11.5 Å². The van der Waals surface area contributed by atoms with Gasteiger partial charge in [0.05, 0.1) is 19.2 Å². The van der Waals surface area contributed by atoms with Gasteiger partial charge in [-0.15, -0.1) is 0 Å². The van der Waals surface area contributed by atoms with E-state index in [1.165, 1.54) is 0 Å². The third-order valence-electron chi connectivity index (χ3n) is 4.87. The molecule has 1 aromatic rings. The molecule has 0 saturated carbocycles. The van der Waals surface area contributed by atoms with Crippen molar-refractivity contribution in [2.24, 2.45) is 0 Å². The summed E-state index contributed by atoms with van der Waals surface area (Å²) in [6.07, 6.45) is 4.87. The van der Waals surface area contributed by atoms with Gasteiger partial charge in [-0.25, -0.2) is 0 Å². The number of hydrogen-bond donors (Lipinski definition) is 3. The largest absolute Gasteiger partial charge is 0.497 e. The van der Waals surface area contributed by atoms with Crippen molar-refractivity contribution in [3.63, 3.8) is 0 Å². The fourth-order valence-corrected chi connectivity index (χ4v) is 3.19. The molecule has 0 aromatic heterocycles. The summed E-state index contributed by atoms with van der Waals surface area (Å²) in [5, 5.41) is 8.53. The SMILES string of the molecule is COc1ccc2c(c1)OCCNC(=O)[C@@H](NC(=O)CCC=C(C)C)CCCCNC2=O. The first-order valence-electron chi connectivity index (χ1n) is 10.7. The Morgan fingerprint density at radius 1 is 1.23 bits per heavy atom. The van der Waals surface area contributed by atoms with Crippen LogP contribution in [0.1, 0.15) is 56.3 Å². The number of nitrogens with one attached hydrogen (secondary N) is 3. The molecule has 0 fully saturated rings. The molecule has 3 amide bonds. The normalized spacial score (nSPS) is 17.7. The van der Waals surface area contributed by atoms with Gasteiger partial charge in [-0.3, -0.25) is 14.4 Å². The van der Waals surface area contributed by atoms with Crippen LogP contribution in [0.3, 0.4) is 0 Å². The third kappa shape index (κ3) is 8.32. The summed E-state index contributed by atoms with van der Waals surface area (Å²) in [6, 6.07) is 4.41. The summed E-state index contributed by atoms with van der Waals surface area (Å²) >= 11 is 0. The Labute approximate surface area is 183 Å². The number of rotatable bonds is 5. The van der Waals surface area contributed by atoms with Crippen molar-refractivity contribution in [1.82, 2.24) is 16.0 Å². The first kappa shape index (κ1) is 24.2. The van der Waals surface area contributed by atoms with Gasteiger partial charge in [-0.2, -0.15) is 0 Å². The van der Waals surface area contributed by atoms with Gasteiger partial charge >= 0.3 is 0 Å². The second kappa shape index (κ2) is 12.6. The molecule has 2 rings (SSSR count). The van der Waals surface area contributed by atoms with E-state index in [0.29, 0.717) is 55.7 Å². The quantitative estimate of drug-likeness (QED) is 0.621. The van der Waals surface area contributed by atoms with Gasteiger partial charge in [0.25, 0.3) is 5.91 Å². The van der Waals surface area contributed by atoms with Crippen molar-refractivity contribution in [1.29, 1.82) is 0 Å². The van der Waals surface area contributed by atoms with Gasteiger partial charge < -0.3 is 25.4 Å². The summed E-state index contributed by atoms with van der Waals surface area (Å²) in [6.45, 7) is 4.87. The zero-order chi connectivity index (χ0) is 22.6. The van der Waals surface area contributed by atoms with Gasteiger partial charge in [-0.05, 0) is 51.7 Å². The van der Waals surface area contributed by atoms with Crippen LogP contribution < -0.4 is 25.4 Å². The van der Waals surface area contributed by atoms with E-state index in [1.54, 1.807) is 25.3 Å². The number of carbonyl (C=O) groups excluding carboxylic acids is 3. The van der Waals surface area contributed by atoms with Crippen LogP contribution >= 0.6 is 0 Å². The average Bonchev–Trinajstić information content (AvgIpc) is 2.74. The standard InChI is InChI=1S/C23H33N3O5/c1-16(2)7-6-9-21(27)26-19-8-4-5-12-24-22(28)18-11-10-17(30-3)15-20(18)31-14-13-25-23(19)29/h7,10-11,15,19H,4-6,8-9,12-14H2,1-3H3,(H,24,28)(H,25,29)(H,26,27)/t19-/m0/s1. The van der Waals surface area contributed by atoms with E-state index in [4.69, 9.17) is 9.47 Å². The van der Waals surface area contributed by atoms with Crippen LogP contribution in [0.5, 0.6) is 11.5 Å². The van der Waals surface area contributed by atoms with Gasteiger partial charge in [0.15, 0.2) is 0 Å². The monoisotopic (exact) mass is 431 g/mol. The van der Waals surface area contributed by atoms with E-state index < -0.39 is 6.04 Å². The van der Waals surface area contributed by atoms with Crippen molar-refractivity contribution in [2.75, 3.05) is 26.8 Å². The summed E-state index contributed by atoms with van der Waals surface area (Å²) in [5.74, 6) is 0.373. The molecule has 0 unspecified atom stereocenters. The summed E-state index contributed by atoms with van der Waals surface area (Å²) in [5.41, 5.74) is 1.58. The molecule has 1 atom stereocenters. The number of amides is 3. The number of benzene rings is 1. The number of hydrogen-bond acceptors (Lipinski definition) is 5. The molecule has 0 aliphatic carbocycles. The van der Waals surface area contributed by atoms with Gasteiger partial charge in [0.2, 0.25) is 11.8 Å². The van der Waals surface area contributed by atoms with Crippen LogP contribution in [0, 0.1) is 0 Å². The fourth-order valence-electron chi connectivity index (χ4n) is 3.19. The van der Waals surface area contributed by atoms with Crippen molar-refractivity contribution in [3.05, 3.63) is 35.4 Å². The summed E-state index contributed by atoms with van der Waals surface area (Å²) in [7, 11) is 1.54. The van der Waals surface area contributed by atoms with E-state index >= 15 is 0 Å². The van der Waals surface area contributed by atoms with E-state index in [0.717, 1.165) is 5.57 Å². The Morgan fingerprint density at radius 2 is 2.03 bits per heavy atom. The minimum Gasteiger partial charge on any atom is -0.497 e. The van der Waals surface area contributed by atoms with Crippen LogP contribution in [0.15, 0.2) is 29.8 Å². The first-order chi connectivity index (χ1) is 14.9. The van der Waals surface area contributed by atoms with E-state index in [1.807, 2.05) is 19.9 Å². The Kier molecular flexibility index (Phi) is 9.87. The van der Waals surface area contributed by atoms with Gasteiger partial charge in [0, 0.05) is 19.0 Å². The van der Waals surface area contributed by atoms with Gasteiger partial charge in [-0.1, -0.05) is 11.6 Å². The Balaban J connectivity index is 2.01. The lowest BCUT2D eigenvalue weighted by molar-refractivity contribution is -0.129. The second-order valence-corrected chi connectivity index (χ2v) is 7.69. The van der Waals surface area contributed by atoms with Crippen LogP contribution in [-0.2, 0) is 9.59 Å². The molecule has 1 aliphatic rings. The number of ether oxygens (including phenoxy) is 2. The average molecular weight is 432 g/mol. The zero-order valence-corrected chi connectivity index (χ0v) is 18.6. The van der Waals surface area contributed by atoms with Crippen molar-refractivity contribution < 1.29 is 23.9 Å². The number of fused-ring (bicyclic) bond motifs is 1. The molecule has 3 N–H and O–H groups in total. The summed E-state index contributed by atoms with van der Waals surface area (Å²) < 4.78 is 10.9. The molecule has 1 aromatic carbocycles. The predicted molar refractivity (Wildman–Crippen MR) is 118 cm³/mol. The van der Waals surface area contributed by atoms with Crippen LogP contribution in [-0.4, -0.2) is 50.6 Å². The highest BCUT2D eigenvalue weighted by molar-refractivity contribution is 5.97. The number of carbonyl (C=O) groups is 3. The molecule has 0 bridgehead atoms. The Morgan fingerprint density at radius 3 is 2.77 bits per heavy atom. The lowest BCUT2D eigenvalue weighted by Gasteiger charge is -2.20. The predicted octanol–water partition coefficient (Wildman–Crippen LogP) is 2.34. The molecule has 8 heteroatoms. The maximum absolute atomic E-state index is 12.6. The maximum atomic E-state index is 12.6. The van der Waals surface area contributed by atoms with Crippen molar-refractivity contribution >= 4 is 17.7 Å². The molecule has 1 aliphatic heterocycles. The topological polar surface area (TPSA) is 106 Å². The Hall–Kier alpha value is -3.03. The maximum Gasteiger partial charge on any atom is 0.255 e. The highest BCUT2D eigenvalue weighted by Gasteiger charge is 2.21. The van der Waals surface area contributed by atoms with E-state index in [-0.39, 0.29) is 30.9 Å². The van der Waals surface area contributed by atoms with E-state index in [9.17, 15) is 14.4 Å². The number of methoxy groups -OCH3 is 1. The Bertz CT molecular complexity index is 802. The van der Waals surface area contributed by atoms with Crippen LogP contribution in [0.4, 0.5) is 0 Å². The molecular weight excluding hydrogens is 398 g/mol. The summed E-state index contributed by atoms with van der Waals surface area (Å²) in [4.78, 5) is 37.4. The molecule has 0 spiro atoms. The highest BCUT2D eigenvalue weighted by Crippen LogP contribution is 2.25. The molecular formula is C23H33N3O5. The molecule has 8 nitrogen and oxygen atoms in total. The smallest absolute Gasteiger partial charge is 0.255 e. The van der Waals surface area contributed by atoms with E-state index in [2.05, 4.69) is 16.0 Å². The molecule has 1 heterocycles. The lowest BCUT2D eigenvalue weighted by Crippen LogP contribution is -2.47. The van der Waals surface area contributed by atoms with Crippen molar-refractivity contribution in [2.45, 2.75) is 52.0 Å².